The molecule has 1 heterocycles. The highest BCUT2D eigenvalue weighted by molar-refractivity contribution is 6.99. The first-order chi connectivity index (χ1) is 22.7. The molecular formula is C39H58O7Si3. The summed E-state index contributed by atoms with van der Waals surface area (Å²) in [6.07, 6.45) is -2.02. The van der Waals surface area contributed by atoms with E-state index in [1.54, 1.807) is 0 Å². The number of rotatable bonds is 11. The molecule has 4 N–H and O–H groups in total. The van der Waals surface area contributed by atoms with Gasteiger partial charge in [-0.2, -0.15) is 0 Å². The smallest absolute Gasteiger partial charge is 0.261 e. The number of benzene rings is 2. The fraction of sp³-hybridized carbons (Fsp3) is 0.564. The molecule has 2 aromatic carbocycles. The van der Waals surface area contributed by atoms with Gasteiger partial charge in [0.15, 0.2) is 5.60 Å². The molecule has 3 atom stereocenters. The van der Waals surface area contributed by atoms with E-state index in [1.165, 1.54) is 0 Å². The molecule has 3 rings (SSSR count). The number of Topliss-reactive ketones (excluding diaryl/α,β-unsaturated/α-hetero) is 1. The van der Waals surface area contributed by atoms with Gasteiger partial charge in [0.05, 0.1) is 43.9 Å². The maximum atomic E-state index is 13.7. The first-order valence-corrected chi connectivity index (χ1v) is 24.7. The van der Waals surface area contributed by atoms with Crippen LogP contribution in [0.3, 0.4) is 0 Å². The third-order valence-corrected chi connectivity index (χ3v) is 22.5. The Labute approximate surface area is 297 Å². The Hall–Kier alpha value is -2.36. The predicted octanol–water partition coefficient (Wildman–Crippen LogP) is 3.93. The van der Waals surface area contributed by atoms with Crippen LogP contribution in [0.15, 0.2) is 60.7 Å². The van der Waals surface area contributed by atoms with Crippen molar-refractivity contribution in [2.75, 3.05) is 31.9 Å². The number of ketones is 1. The van der Waals surface area contributed by atoms with Crippen molar-refractivity contribution in [1.29, 1.82) is 0 Å². The Kier molecular flexibility index (Phi) is 13.0. The summed E-state index contributed by atoms with van der Waals surface area (Å²) in [5, 5.41) is 42.1. The number of ether oxygens (including phenoxy) is 1. The zero-order valence-corrected chi connectivity index (χ0v) is 34.2. The van der Waals surface area contributed by atoms with E-state index in [1.807, 2.05) is 36.4 Å². The summed E-state index contributed by atoms with van der Waals surface area (Å²) in [4.78, 5) is 13.7. The molecule has 268 valence electrons. The normalized spacial score (nSPS) is 20.5. The summed E-state index contributed by atoms with van der Waals surface area (Å²) >= 11 is 0. The molecule has 1 saturated heterocycles. The second-order valence-electron chi connectivity index (χ2n) is 16.9. The Bertz CT molecular complexity index is 1490. The van der Waals surface area contributed by atoms with Crippen LogP contribution in [-0.4, -0.2) is 94.3 Å². The first kappa shape index (κ1) is 41.1. The quantitative estimate of drug-likeness (QED) is 0.205. The van der Waals surface area contributed by atoms with Crippen LogP contribution in [0.4, 0.5) is 0 Å². The molecule has 1 aliphatic rings. The maximum absolute atomic E-state index is 13.7. The Balaban J connectivity index is 2.34. The Morgan fingerprint density at radius 2 is 1.35 bits per heavy atom. The van der Waals surface area contributed by atoms with Gasteiger partial charge in [-0.15, -0.1) is 11.1 Å². The standard InChI is InChI=1S/C39H58O7Si3/c1-36(2,3)47(9,10)24-22-39(25-31(26-40)34(44)21-23-48(28-41,29-42)30-43)35(38(7,8)27-45-39)46-49(37(4,5)6,32-17-13-11-14-18-32)33-19-15-12-16-20-33/h11-20,31,35,40-43H,25-30H2,1-10H3/t31?,35-,39+/m1/s1. The van der Waals surface area contributed by atoms with Gasteiger partial charge in [-0.3, -0.25) is 4.79 Å². The second-order valence-corrected chi connectivity index (χ2v) is 29.9. The fourth-order valence-electron chi connectivity index (χ4n) is 6.16. The van der Waals surface area contributed by atoms with Crippen molar-refractivity contribution in [2.24, 2.45) is 11.3 Å². The SMILES string of the molecule is CC1(C)CO[C@@](C#C[Si](C)(C)C(C)(C)C)(CC(CO)C(=O)C#C[Si](CO)(CO)CO)[C@@H]1O[Si](c1ccccc1)(c1ccccc1)C(C)(C)C. The molecule has 0 aromatic heterocycles. The lowest BCUT2D eigenvalue weighted by molar-refractivity contribution is -0.121. The summed E-state index contributed by atoms with van der Waals surface area (Å²) in [6, 6.07) is 20.8. The topological polar surface area (TPSA) is 116 Å². The van der Waals surface area contributed by atoms with Crippen LogP contribution >= 0.6 is 0 Å². The molecule has 0 radical (unpaired) electrons. The van der Waals surface area contributed by atoms with Gasteiger partial charge in [-0.25, -0.2) is 0 Å². The largest absolute Gasteiger partial charge is 0.400 e. The zero-order valence-electron chi connectivity index (χ0n) is 31.2. The van der Waals surface area contributed by atoms with E-state index in [0.29, 0.717) is 6.61 Å². The van der Waals surface area contributed by atoms with Crippen LogP contribution in [-0.2, 0) is 14.0 Å². The summed E-state index contributed by atoms with van der Waals surface area (Å²) < 4.78 is 14.6. The minimum atomic E-state index is -3.20. The van der Waals surface area contributed by atoms with Gasteiger partial charge >= 0.3 is 0 Å². The van der Waals surface area contributed by atoms with Crippen LogP contribution in [0.1, 0.15) is 61.8 Å². The molecule has 2 aromatic rings. The van der Waals surface area contributed by atoms with Gasteiger partial charge in [-0.1, -0.05) is 135 Å². The maximum Gasteiger partial charge on any atom is 0.261 e. The van der Waals surface area contributed by atoms with Gasteiger partial charge in [0.25, 0.3) is 8.32 Å². The van der Waals surface area contributed by atoms with Crippen molar-refractivity contribution < 1.29 is 34.4 Å². The van der Waals surface area contributed by atoms with Crippen molar-refractivity contribution in [1.82, 2.24) is 0 Å². The zero-order chi connectivity index (χ0) is 36.9. The van der Waals surface area contributed by atoms with Crippen LogP contribution in [0.5, 0.6) is 0 Å². The van der Waals surface area contributed by atoms with Crippen LogP contribution in [0.2, 0.25) is 23.2 Å². The Morgan fingerprint density at radius 1 is 0.857 bits per heavy atom. The molecule has 0 bridgehead atoms. The summed E-state index contributed by atoms with van der Waals surface area (Å²) in [5.74, 6) is 4.66. The molecule has 0 saturated carbocycles. The third-order valence-electron chi connectivity index (χ3n) is 10.5. The Morgan fingerprint density at radius 3 is 1.76 bits per heavy atom. The lowest BCUT2D eigenvalue weighted by Crippen LogP contribution is -2.70. The van der Waals surface area contributed by atoms with Crippen LogP contribution < -0.4 is 10.4 Å². The molecule has 10 heteroatoms. The molecule has 1 fully saturated rings. The van der Waals surface area contributed by atoms with Crippen molar-refractivity contribution in [3.05, 3.63) is 60.7 Å². The van der Waals surface area contributed by atoms with Crippen molar-refractivity contribution >= 4 is 40.6 Å². The van der Waals surface area contributed by atoms with Crippen molar-refractivity contribution in [3.63, 3.8) is 0 Å². The molecule has 0 spiro atoms. The highest BCUT2D eigenvalue weighted by atomic mass is 28.4. The third kappa shape index (κ3) is 8.58. The minimum Gasteiger partial charge on any atom is -0.400 e. The van der Waals surface area contributed by atoms with Crippen molar-refractivity contribution in [3.8, 4) is 22.9 Å². The molecule has 0 amide bonds. The van der Waals surface area contributed by atoms with Crippen LogP contribution in [0.25, 0.3) is 0 Å². The average Bonchev–Trinajstić information content (AvgIpc) is 3.30. The van der Waals surface area contributed by atoms with E-state index in [-0.39, 0.29) is 16.5 Å². The molecule has 1 aliphatic heterocycles. The lowest BCUT2D eigenvalue weighted by Gasteiger charge is -2.49. The first-order valence-electron chi connectivity index (χ1n) is 17.2. The van der Waals surface area contributed by atoms with Gasteiger partial charge in [0, 0.05) is 11.8 Å². The van der Waals surface area contributed by atoms with E-state index in [9.17, 15) is 25.2 Å². The highest BCUT2D eigenvalue weighted by Gasteiger charge is 2.61. The highest BCUT2D eigenvalue weighted by Crippen LogP contribution is 2.49. The van der Waals surface area contributed by atoms with E-state index in [4.69, 9.17) is 9.16 Å². The lowest BCUT2D eigenvalue weighted by atomic mass is 9.76. The second kappa shape index (κ2) is 15.5. The van der Waals surface area contributed by atoms with Crippen molar-refractivity contribution in [2.45, 2.75) is 96.7 Å². The monoisotopic (exact) mass is 722 g/mol. The van der Waals surface area contributed by atoms with E-state index in [2.05, 4.69) is 116 Å². The summed E-state index contributed by atoms with van der Waals surface area (Å²) in [6.45, 7) is 21.8. The number of aliphatic hydroxyl groups is 4. The van der Waals surface area contributed by atoms with E-state index < -0.39 is 78.6 Å². The van der Waals surface area contributed by atoms with Gasteiger partial charge in [0.2, 0.25) is 13.9 Å². The van der Waals surface area contributed by atoms with Gasteiger partial charge in [-0.05, 0) is 26.4 Å². The minimum absolute atomic E-state index is 0.0386. The fourth-order valence-corrected chi connectivity index (χ4v) is 12.9. The number of carbonyl (C=O) groups excluding carboxylic acids is 1. The van der Waals surface area contributed by atoms with Gasteiger partial charge in [0.1, 0.15) is 8.07 Å². The van der Waals surface area contributed by atoms with Gasteiger partial charge < -0.3 is 29.6 Å². The number of aliphatic hydroxyl groups excluding tert-OH is 4. The summed E-state index contributed by atoms with van der Waals surface area (Å²) in [5.41, 5.74) is 4.61. The van der Waals surface area contributed by atoms with E-state index in [0.717, 1.165) is 10.4 Å². The summed E-state index contributed by atoms with van der Waals surface area (Å²) in [7, 11) is -8.53. The molecular weight excluding hydrogens is 665 g/mol. The van der Waals surface area contributed by atoms with E-state index >= 15 is 0 Å². The number of carbonyl (C=O) groups is 1. The molecule has 0 aliphatic carbocycles. The number of hydrogen-bond acceptors (Lipinski definition) is 7. The predicted molar refractivity (Wildman–Crippen MR) is 205 cm³/mol. The molecule has 49 heavy (non-hydrogen) atoms. The molecule has 1 unspecified atom stereocenters. The van der Waals surface area contributed by atoms with Crippen LogP contribution in [0, 0.1) is 34.3 Å². The number of hydrogen-bond donors (Lipinski definition) is 4. The average molecular weight is 723 g/mol. The molecule has 7 nitrogen and oxygen atoms in total.